The lowest BCUT2D eigenvalue weighted by Crippen LogP contribution is -2.39. The lowest BCUT2D eigenvalue weighted by atomic mass is 9.82. The molecular weight excluding hydrogens is 208 g/mol. The average Bonchev–Trinajstić information content (AvgIpc) is 2.37. The van der Waals surface area contributed by atoms with Crippen molar-refractivity contribution >= 4 is 0 Å². The van der Waals surface area contributed by atoms with E-state index in [4.69, 9.17) is 12.2 Å². The predicted molar refractivity (Wildman–Crippen MR) is 74.5 cm³/mol. The van der Waals surface area contributed by atoms with Gasteiger partial charge in [0.15, 0.2) is 0 Å². The summed E-state index contributed by atoms with van der Waals surface area (Å²) in [6, 6.07) is 0.520. The Bertz CT molecular complexity index is 309. The van der Waals surface area contributed by atoms with Gasteiger partial charge in [-0.2, -0.15) is 0 Å². The van der Waals surface area contributed by atoms with Gasteiger partial charge in [-0.3, -0.25) is 0 Å². The fourth-order valence-electron chi connectivity index (χ4n) is 2.42. The lowest BCUT2D eigenvalue weighted by Gasteiger charge is -2.31. The van der Waals surface area contributed by atoms with Crippen molar-refractivity contribution in [3.63, 3.8) is 0 Å². The summed E-state index contributed by atoms with van der Waals surface area (Å²) in [6.07, 6.45) is 16.1. The summed E-state index contributed by atoms with van der Waals surface area (Å²) in [4.78, 5) is 0. The van der Waals surface area contributed by atoms with Crippen molar-refractivity contribution in [2.75, 3.05) is 13.1 Å². The third-order valence-electron chi connectivity index (χ3n) is 3.37. The van der Waals surface area contributed by atoms with E-state index in [0.29, 0.717) is 12.0 Å². The maximum Gasteiger partial charge on any atom is 0.0170 e. The summed E-state index contributed by atoms with van der Waals surface area (Å²) in [5, 5.41) is 3.61. The normalized spacial score (nSPS) is 24.6. The number of nitrogens with one attached hydrogen (secondary N) is 1. The summed E-state index contributed by atoms with van der Waals surface area (Å²) in [5.41, 5.74) is 6.91. The van der Waals surface area contributed by atoms with Crippen LogP contribution in [0.5, 0.6) is 0 Å². The van der Waals surface area contributed by atoms with Gasteiger partial charge < -0.3 is 11.1 Å². The first-order chi connectivity index (χ1) is 8.33. The molecule has 17 heavy (non-hydrogen) atoms. The maximum atomic E-state index is 5.52. The molecule has 3 N–H and O–H groups in total. The molecule has 2 atom stereocenters. The van der Waals surface area contributed by atoms with E-state index in [1.807, 2.05) is 6.08 Å². The molecule has 2 heteroatoms. The Balaban J connectivity index is 2.63. The van der Waals surface area contributed by atoms with Crippen LogP contribution in [-0.2, 0) is 0 Å². The van der Waals surface area contributed by atoms with Crippen LogP contribution in [0.3, 0.4) is 0 Å². The summed E-state index contributed by atoms with van der Waals surface area (Å²) in [7, 11) is 0. The molecule has 2 nitrogen and oxygen atoms in total. The molecule has 1 aliphatic carbocycles. The molecule has 0 spiro atoms. The van der Waals surface area contributed by atoms with Crippen LogP contribution >= 0.6 is 0 Å². The monoisotopic (exact) mass is 232 g/mol. The first-order valence-corrected chi connectivity index (χ1v) is 6.57. The minimum absolute atomic E-state index is 0.520. The van der Waals surface area contributed by atoms with Crippen molar-refractivity contribution in [1.29, 1.82) is 0 Å². The molecule has 0 aromatic heterocycles. The van der Waals surface area contributed by atoms with Crippen LogP contribution in [0.15, 0.2) is 23.8 Å². The molecule has 1 rings (SSSR count). The molecule has 0 amide bonds. The third kappa shape index (κ3) is 4.38. The zero-order valence-corrected chi connectivity index (χ0v) is 10.8. The highest BCUT2D eigenvalue weighted by Gasteiger charge is 2.24. The zero-order valence-electron chi connectivity index (χ0n) is 10.8. The van der Waals surface area contributed by atoms with E-state index in [0.717, 1.165) is 38.8 Å². The molecule has 0 aliphatic heterocycles. The minimum Gasteiger partial charge on any atom is -0.330 e. The molecule has 0 radical (unpaired) electrons. The van der Waals surface area contributed by atoms with Gasteiger partial charge in [0.2, 0.25) is 0 Å². The minimum atomic E-state index is 0.520. The summed E-state index contributed by atoms with van der Waals surface area (Å²) in [5.74, 6) is 3.22. The Hall–Kier alpha value is -1.04. The van der Waals surface area contributed by atoms with Gasteiger partial charge in [-0.15, -0.1) is 6.42 Å². The van der Waals surface area contributed by atoms with E-state index in [1.165, 1.54) is 5.57 Å². The topological polar surface area (TPSA) is 38.0 Å². The zero-order chi connectivity index (χ0) is 12.5. The number of allylic oxidation sites excluding steroid dienone is 2. The highest BCUT2D eigenvalue weighted by atomic mass is 14.9. The van der Waals surface area contributed by atoms with E-state index >= 15 is 0 Å². The SMILES string of the molecule is C#CC=C(CC)C1CC=CCC1NCCCN. The third-order valence-corrected chi connectivity index (χ3v) is 3.37. The van der Waals surface area contributed by atoms with E-state index in [1.54, 1.807) is 0 Å². The van der Waals surface area contributed by atoms with Crippen molar-refractivity contribution in [3.8, 4) is 12.3 Å². The standard InChI is InChI=1S/C15H24N2/c1-3-8-13(4-2)14-9-5-6-10-15(14)17-12-7-11-16/h1,5-6,8,14-15,17H,4,7,9-12,16H2,2H3. The van der Waals surface area contributed by atoms with Crippen molar-refractivity contribution in [2.45, 2.75) is 38.6 Å². The second-order valence-electron chi connectivity index (χ2n) is 4.49. The molecule has 0 aromatic rings. The first kappa shape index (κ1) is 14.0. The Morgan fingerprint density at radius 1 is 1.53 bits per heavy atom. The lowest BCUT2D eigenvalue weighted by molar-refractivity contribution is 0.378. The van der Waals surface area contributed by atoms with Crippen LogP contribution in [0.25, 0.3) is 0 Å². The molecule has 0 heterocycles. The smallest absolute Gasteiger partial charge is 0.0170 e. The molecular formula is C15H24N2. The van der Waals surface area contributed by atoms with Gasteiger partial charge in [0.1, 0.15) is 0 Å². The van der Waals surface area contributed by atoms with Crippen molar-refractivity contribution in [2.24, 2.45) is 11.7 Å². The number of terminal acetylenes is 1. The largest absolute Gasteiger partial charge is 0.330 e. The van der Waals surface area contributed by atoms with Crippen molar-refractivity contribution in [3.05, 3.63) is 23.8 Å². The first-order valence-electron chi connectivity index (χ1n) is 6.57. The van der Waals surface area contributed by atoms with E-state index < -0.39 is 0 Å². The Kier molecular flexibility index (Phi) is 6.69. The molecule has 0 saturated heterocycles. The van der Waals surface area contributed by atoms with E-state index in [9.17, 15) is 0 Å². The maximum absolute atomic E-state index is 5.52. The highest BCUT2D eigenvalue weighted by molar-refractivity contribution is 5.23. The van der Waals surface area contributed by atoms with E-state index in [-0.39, 0.29) is 0 Å². The van der Waals surface area contributed by atoms with Crippen LogP contribution in [0.2, 0.25) is 0 Å². The van der Waals surface area contributed by atoms with E-state index in [2.05, 4.69) is 30.3 Å². The van der Waals surface area contributed by atoms with Crippen LogP contribution in [0.1, 0.15) is 32.6 Å². The fraction of sp³-hybridized carbons (Fsp3) is 0.600. The van der Waals surface area contributed by atoms with Gasteiger partial charge in [0.25, 0.3) is 0 Å². The van der Waals surface area contributed by atoms with Crippen LogP contribution in [-0.4, -0.2) is 19.1 Å². The number of hydrogen-bond acceptors (Lipinski definition) is 2. The average molecular weight is 232 g/mol. The van der Waals surface area contributed by atoms with Crippen LogP contribution < -0.4 is 11.1 Å². The highest BCUT2D eigenvalue weighted by Crippen LogP contribution is 2.28. The Morgan fingerprint density at radius 3 is 2.94 bits per heavy atom. The second-order valence-corrected chi connectivity index (χ2v) is 4.49. The Labute approximate surface area is 105 Å². The Morgan fingerprint density at radius 2 is 2.29 bits per heavy atom. The number of rotatable bonds is 6. The summed E-state index contributed by atoms with van der Waals surface area (Å²) >= 11 is 0. The number of nitrogens with two attached hydrogens (primary N) is 1. The van der Waals surface area contributed by atoms with Crippen LogP contribution in [0.4, 0.5) is 0 Å². The molecule has 2 unspecified atom stereocenters. The summed E-state index contributed by atoms with van der Waals surface area (Å²) < 4.78 is 0. The van der Waals surface area contributed by atoms with Gasteiger partial charge in [0.05, 0.1) is 0 Å². The molecule has 0 saturated carbocycles. The predicted octanol–water partition coefficient (Wildman–Crippen LogP) is 2.23. The van der Waals surface area contributed by atoms with Crippen LogP contribution in [0, 0.1) is 18.3 Å². The molecule has 1 aliphatic rings. The molecule has 94 valence electrons. The molecule has 0 bridgehead atoms. The second kappa shape index (κ2) is 8.11. The fourth-order valence-corrected chi connectivity index (χ4v) is 2.42. The van der Waals surface area contributed by atoms with Gasteiger partial charge in [-0.1, -0.05) is 30.6 Å². The molecule has 0 fully saturated rings. The van der Waals surface area contributed by atoms with Crippen molar-refractivity contribution in [1.82, 2.24) is 5.32 Å². The quantitative estimate of drug-likeness (QED) is 0.419. The molecule has 0 aromatic carbocycles. The van der Waals surface area contributed by atoms with Gasteiger partial charge in [-0.05, 0) is 50.8 Å². The van der Waals surface area contributed by atoms with Gasteiger partial charge >= 0.3 is 0 Å². The van der Waals surface area contributed by atoms with Gasteiger partial charge in [-0.25, -0.2) is 0 Å². The van der Waals surface area contributed by atoms with Crippen molar-refractivity contribution < 1.29 is 0 Å². The van der Waals surface area contributed by atoms with Gasteiger partial charge in [0, 0.05) is 6.04 Å². The summed E-state index contributed by atoms with van der Waals surface area (Å²) in [6.45, 7) is 3.93. The number of hydrogen-bond donors (Lipinski definition) is 2.